The minimum atomic E-state index is -4.46. The molecule has 2 aromatic carbocycles. The van der Waals surface area contributed by atoms with Gasteiger partial charge in [-0.05, 0) is 59.9 Å². The number of carbonyl (C=O) groups is 1. The van der Waals surface area contributed by atoms with Gasteiger partial charge in [-0.15, -0.1) is 10.2 Å². The molecule has 0 saturated heterocycles. The molecule has 0 atom stereocenters. The fourth-order valence-corrected chi connectivity index (χ4v) is 3.57. The number of halogens is 3. The van der Waals surface area contributed by atoms with Crippen molar-refractivity contribution in [3.8, 4) is 0 Å². The van der Waals surface area contributed by atoms with Crippen LogP contribution >= 0.6 is 23.5 Å². The van der Waals surface area contributed by atoms with Gasteiger partial charge in [-0.2, -0.15) is 13.2 Å². The topological polar surface area (TPSA) is 59.8 Å². The van der Waals surface area contributed by atoms with Crippen LogP contribution in [-0.4, -0.2) is 26.2 Å². The molecule has 0 bridgehead atoms. The second kappa shape index (κ2) is 8.05. The van der Waals surface area contributed by atoms with Crippen LogP contribution in [0.3, 0.4) is 0 Å². The number of rotatable bonds is 5. The fourth-order valence-electron chi connectivity index (χ4n) is 2.14. The predicted octanol–water partition coefficient (Wildman–Crippen LogP) is 4.83. The highest BCUT2D eigenvalue weighted by atomic mass is 32.2. The maximum absolute atomic E-state index is 12.7. The summed E-state index contributed by atoms with van der Waals surface area (Å²) in [5.41, 5.74) is -4.01. The molecule has 1 N–H and O–H groups in total. The highest BCUT2D eigenvalue weighted by Gasteiger charge is 2.31. The van der Waals surface area contributed by atoms with E-state index >= 15 is 0 Å². The van der Waals surface area contributed by atoms with Crippen LogP contribution in [0.25, 0.3) is 0 Å². The van der Waals surface area contributed by atoms with E-state index in [1.165, 1.54) is 36.0 Å². The Kier molecular flexibility index (Phi) is 5.76. The monoisotopic (exact) mass is 410 g/mol. The van der Waals surface area contributed by atoms with Crippen molar-refractivity contribution in [2.24, 2.45) is 7.05 Å². The number of aromatic nitrogens is 3. The number of thioether (sulfide) groups is 1. The summed E-state index contributed by atoms with van der Waals surface area (Å²) in [5, 5.41) is 11.1. The van der Waals surface area contributed by atoms with Crippen LogP contribution in [0, 0.1) is 0 Å². The zero-order chi connectivity index (χ0) is 19.4. The van der Waals surface area contributed by atoms with Gasteiger partial charge in [0.2, 0.25) is 0 Å². The van der Waals surface area contributed by atoms with Gasteiger partial charge in [0.15, 0.2) is 5.16 Å². The third-order valence-corrected chi connectivity index (χ3v) is 5.22. The van der Waals surface area contributed by atoms with E-state index in [4.69, 9.17) is 0 Å². The first-order valence-electron chi connectivity index (χ1n) is 7.60. The maximum Gasteiger partial charge on any atom is 0.446 e. The molecule has 1 amide bonds. The lowest BCUT2D eigenvalue weighted by molar-refractivity contribution is -0.0328. The Morgan fingerprint density at radius 2 is 1.81 bits per heavy atom. The van der Waals surface area contributed by atoms with Crippen LogP contribution in [0.15, 0.2) is 69.8 Å². The molecule has 0 spiro atoms. The van der Waals surface area contributed by atoms with Gasteiger partial charge in [-0.25, -0.2) is 0 Å². The molecule has 27 heavy (non-hydrogen) atoms. The number of aryl methyl sites for hydroxylation is 1. The van der Waals surface area contributed by atoms with Crippen LogP contribution in [0.4, 0.5) is 18.9 Å². The van der Waals surface area contributed by atoms with E-state index in [0.717, 1.165) is 4.90 Å². The fraction of sp³-hybridized carbons (Fsp3) is 0.118. The molecule has 3 rings (SSSR count). The highest BCUT2D eigenvalue weighted by Crippen LogP contribution is 2.38. The molecule has 1 heterocycles. The van der Waals surface area contributed by atoms with E-state index in [1.807, 2.05) is 7.05 Å². The van der Waals surface area contributed by atoms with Gasteiger partial charge in [0.1, 0.15) is 6.33 Å². The normalized spacial score (nSPS) is 11.4. The lowest BCUT2D eigenvalue weighted by atomic mass is 10.2. The molecular formula is C17H13F3N4OS2. The summed E-state index contributed by atoms with van der Waals surface area (Å²) >= 11 is 1.09. The number of benzene rings is 2. The number of carbonyl (C=O) groups excluding carboxylic acids is 1. The van der Waals surface area contributed by atoms with Crippen molar-refractivity contribution < 1.29 is 18.0 Å². The standard InChI is InChI=1S/C17H13F3N4OS2/c1-24-10-21-23-16(24)26-12-8-6-11(7-9-12)22-15(25)13-4-2-3-5-14(13)27-17(18,19)20/h2-10H,1H3,(H,22,25). The second-order valence-corrected chi connectivity index (χ2v) is 7.50. The molecular weight excluding hydrogens is 397 g/mol. The summed E-state index contributed by atoms with van der Waals surface area (Å²) in [6, 6.07) is 12.5. The number of alkyl halides is 3. The van der Waals surface area contributed by atoms with Gasteiger partial charge >= 0.3 is 5.51 Å². The minimum Gasteiger partial charge on any atom is -0.322 e. The summed E-state index contributed by atoms with van der Waals surface area (Å²) in [6.07, 6.45) is 1.59. The smallest absolute Gasteiger partial charge is 0.322 e. The van der Waals surface area contributed by atoms with Crippen molar-refractivity contribution in [2.75, 3.05) is 5.32 Å². The molecule has 10 heteroatoms. The Bertz CT molecular complexity index is 942. The van der Waals surface area contributed by atoms with E-state index < -0.39 is 11.4 Å². The first-order valence-corrected chi connectivity index (χ1v) is 9.23. The van der Waals surface area contributed by atoms with Crippen LogP contribution in [0.5, 0.6) is 0 Å². The van der Waals surface area contributed by atoms with Gasteiger partial charge < -0.3 is 9.88 Å². The molecule has 0 aliphatic heterocycles. The van der Waals surface area contributed by atoms with Crippen molar-refractivity contribution in [1.82, 2.24) is 14.8 Å². The highest BCUT2D eigenvalue weighted by molar-refractivity contribution is 8.00. The summed E-state index contributed by atoms with van der Waals surface area (Å²) < 4.78 is 39.7. The average Bonchev–Trinajstić information content (AvgIpc) is 3.00. The van der Waals surface area contributed by atoms with Crippen LogP contribution in [0.2, 0.25) is 0 Å². The molecule has 3 aromatic rings. The first-order chi connectivity index (χ1) is 12.8. The average molecular weight is 410 g/mol. The lowest BCUT2D eigenvalue weighted by Gasteiger charge is -2.11. The van der Waals surface area contributed by atoms with E-state index in [9.17, 15) is 18.0 Å². The zero-order valence-electron chi connectivity index (χ0n) is 13.9. The Balaban J connectivity index is 1.71. The van der Waals surface area contributed by atoms with Gasteiger partial charge in [0.05, 0.1) is 5.56 Å². The van der Waals surface area contributed by atoms with Crippen LogP contribution in [0.1, 0.15) is 10.4 Å². The third kappa shape index (κ3) is 5.27. The maximum atomic E-state index is 12.7. The summed E-state index contributed by atoms with van der Waals surface area (Å²) in [5.74, 6) is -0.601. The third-order valence-electron chi connectivity index (χ3n) is 3.35. The molecule has 0 unspecified atom stereocenters. The summed E-state index contributed by atoms with van der Waals surface area (Å²) in [4.78, 5) is 13.1. The van der Waals surface area contributed by atoms with Crippen molar-refractivity contribution >= 4 is 35.1 Å². The van der Waals surface area contributed by atoms with Gasteiger partial charge in [0, 0.05) is 22.5 Å². The Labute approximate surface area is 161 Å². The molecule has 5 nitrogen and oxygen atoms in total. The number of hydrogen-bond acceptors (Lipinski definition) is 5. The number of nitrogens with one attached hydrogen (secondary N) is 1. The van der Waals surface area contributed by atoms with Crippen molar-refractivity contribution in [3.05, 3.63) is 60.4 Å². The Morgan fingerprint density at radius 3 is 2.44 bits per heavy atom. The zero-order valence-corrected chi connectivity index (χ0v) is 15.5. The van der Waals surface area contributed by atoms with Crippen LogP contribution < -0.4 is 5.32 Å². The minimum absolute atomic E-state index is 0.0302. The van der Waals surface area contributed by atoms with Crippen molar-refractivity contribution in [2.45, 2.75) is 20.5 Å². The lowest BCUT2D eigenvalue weighted by Crippen LogP contribution is -2.14. The molecule has 0 fully saturated rings. The molecule has 1 aromatic heterocycles. The van der Waals surface area contributed by atoms with E-state index in [2.05, 4.69) is 15.5 Å². The van der Waals surface area contributed by atoms with Gasteiger partial charge in [-0.1, -0.05) is 12.1 Å². The molecule has 0 radical (unpaired) electrons. The number of hydrogen-bond donors (Lipinski definition) is 1. The largest absolute Gasteiger partial charge is 0.446 e. The Hall–Kier alpha value is -2.46. The first kappa shape index (κ1) is 19.3. The molecule has 140 valence electrons. The van der Waals surface area contributed by atoms with E-state index in [0.29, 0.717) is 10.8 Å². The molecule has 0 aliphatic carbocycles. The summed E-state index contributed by atoms with van der Waals surface area (Å²) in [7, 11) is 1.83. The number of amides is 1. The Morgan fingerprint density at radius 1 is 1.11 bits per heavy atom. The van der Waals surface area contributed by atoms with Crippen molar-refractivity contribution in [3.63, 3.8) is 0 Å². The molecule has 0 saturated carbocycles. The van der Waals surface area contributed by atoms with Gasteiger partial charge in [0.25, 0.3) is 5.91 Å². The van der Waals surface area contributed by atoms with Crippen molar-refractivity contribution in [1.29, 1.82) is 0 Å². The van der Waals surface area contributed by atoms with Gasteiger partial charge in [-0.3, -0.25) is 4.79 Å². The number of nitrogens with zero attached hydrogens (tertiary/aromatic N) is 3. The summed E-state index contributed by atoms with van der Waals surface area (Å²) in [6.45, 7) is 0. The van der Waals surface area contributed by atoms with E-state index in [1.54, 1.807) is 35.2 Å². The SMILES string of the molecule is Cn1cnnc1Sc1ccc(NC(=O)c2ccccc2SC(F)(F)F)cc1. The number of anilines is 1. The van der Waals surface area contributed by atoms with E-state index in [-0.39, 0.29) is 22.2 Å². The quantitative estimate of drug-likeness (QED) is 0.611. The second-order valence-electron chi connectivity index (χ2n) is 5.35. The molecule has 0 aliphatic rings. The van der Waals surface area contributed by atoms with Crippen LogP contribution in [-0.2, 0) is 7.05 Å². The predicted molar refractivity (Wildman–Crippen MR) is 97.9 cm³/mol.